The minimum Gasteiger partial charge on any atom is -0.385 e. The quantitative estimate of drug-likeness (QED) is 0.724. The van der Waals surface area contributed by atoms with Crippen LogP contribution in [0.4, 0.5) is 5.69 Å². The van der Waals surface area contributed by atoms with Crippen LogP contribution in [-0.2, 0) is 0 Å². The zero-order valence-corrected chi connectivity index (χ0v) is 9.21. The Balaban J connectivity index is 2.01. The van der Waals surface area contributed by atoms with E-state index in [-0.39, 0.29) is 0 Å². The molecule has 15 heavy (non-hydrogen) atoms. The first-order chi connectivity index (χ1) is 7.42. The first kappa shape index (κ1) is 10.5. The lowest BCUT2D eigenvalue weighted by Gasteiger charge is -2.28. The molecule has 82 valence electrons. The van der Waals surface area contributed by atoms with Crippen molar-refractivity contribution < 1.29 is 0 Å². The zero-order valence-electron chi connectivity index (χ0n) is 9.21. The van der Waals surface area contributed by atoms with Gasteiger partial charge in [0.25, 0.3) is 0 Å². The minimum atomic E-state index is 0.762. The van der Waals surface area contributed by atoms with Gasteiger partial charge < -0.3 is 11.1 Å². The molecule has 1 aliphatic carbocycles. The molecule has 0 amide bonds. The van der Waals surface area contributed by atoms with Crippen LogP contribution in [0.2, 0.25) is 0 Å². The number of anilines is 1. The molecule has 1 fully saturated rings. The van der Waals surface area contributed by atoms with E-state index < -0.39 is 0 Å². The van der Waals surface area contributed by atoms with Crippen LogP contribution in [-0.4, -0.2) is 13.1 Å². The van der Waals surface area contributed by atoms with E-state index in [2.05, 4.69) is 29.6 Å². The molecular formula is C13H20N2. The number of nitrogens with two attached hydrogens (primary N) is 1. The number of benzene rings is 1. The van der Waals surface area contributed by atoms with Crippen LogP contribution in [0.25, 0.3) is 0 Å². The van der Waals surface area contributed by atoms with Crippen molar-refractivity contribution in [2.45, 2.75) is 31.6 Å². The average Bonchev–Trinajstić information content (AvgIpc) is 2.18. The van der Waals surface area contributed by atoms with Gasteiger partial charge in [0.2, 0.25) is 0 Å². The van der Waals surface area contributed by atoms with Gasteiger partial charge in [-0.3, -0.25) is 0 Å². The molecule has 1 saturated carbocycles. The zero-order chi connectivity index (χ0) is 10.5. The third-order valence-electron chi connectivity index (χ3n) is 3.20. The first-order valence-corrected chi connectivity index (χ1v) is 5.94. The number of hydrogen-bond donors (Lipinski definition) is 2. The van der Waals surface area contributed by atoms with Crippen molar-refractivity contribution >= 4 is 5.69 Å². The van der Waals surface area contributed by atoms with Gasteiger partial charge in [-0.15, -0.1) is 0 Å². The van der Waals surface area contributed by atoms with Gasteiger partial charge >= 0.3 is 0 Å². The molecule has 0 saturated heterocycles. The molecule has 0 atom stereocenters. The van der Waals surface area contributed by atoms with Gasteiger partial charge in [-0.05, 0) is 43.4 Å². The summed E-state index contributed by atoms with van der Waals surface area (Å²) >= 11 is 0. The topological polar surface area (TPSA) is 38.0 Å². The SMILES string of the molecule is NCCCNc1ccccc1C1CCC1. The lowest BCUT2D eigenvalue weighted by atomic mass is 9.79. The summed E-state index contributed by atoms with van der Waals surface area (Å²) in [5.74, 6) is 0.798. The molecule has 2 nitrogen and oxygen atoms in total. The van der Waals surface area contributed by atoms with Gasteiger partial charge in [0.1, 0.15) is 0 Å². The van der Waals surface area contributed by atoms with Crippen molar-refractivity contribution in [1.29, 1.82) is 0 Å². The van der Waals surface area contributed by atoms with Crippen LogP contribution in [0, 0.1) is 0 Å². The van der Waals surface area contributed by atoms with E-state index in [9.17, 15) is 0 Å². The fraction of sp³-hybridized carbons (Fsp3) is 0.538. The number of para-hydroxylation sites is 1. The Bertz CT molecular complexity index is 305. The molecular weight excluding hydrogens is 184 g/mol. The van der Waals surface area contributed by atoms with E-state index in [4.69, 9.17) is 5.73 Å². The van der Waals surface area contributed by atoms with Crippen molar-refractivity contribution in [3.05, 3.63) is 29.8 Å². The summed E-state index contributed by atoms with van der Waals surface area (Å²) in [6, 6.07) is 8.69. The number of hydrogen-bond acceptors (Lipinski definition) is 2. The van der Waals surface area contributed by atoms with Gasteiger partial charge in [-0.2, -0.15) is 0 Å². The van der Waals surface area contributed by atoms with Crippen LogP contribution in [0.3, 0.4) is 0 Å². The van der Waals surface area contributed by atoms with E-state index >= 15 is 0 Å². The summed E-state index contributed by atoms with van der Waals surface area (Å²) in [6.45, 7) is 1.75. The molecule has 2 rings (SSSR count). The second-order valence-electron chi connectivity index (χ2n) is 4.28. The van der Waals surface area contributed by atoms with Crippen molar-refractivity contribution in [2.75, 3.05) is 18.4 Å². The molecule has 0 radical (unpaired) electrons. The average molecular weight is 204 g/mol. The van der Waals surface area contributed by atoms with E-state index in [1.54, 1.807) is 0 Å². The van der Waals surface area contributed by atoms with Crippen molar-refractivity contribution in [1.82, 2.24) is 0 Å². The largest absolute Gasteiger partial charge is 0.385 e. The molecule has 0 bridgehead atoms. The third kappa shape index (κ3) is 2.51. The van der Waals surface area contributed by atoms with Gasteiger partial charge in [0, 0.05) is 12.2 Å². The third-order valence-corrected chi connectivity index (χ3v) is 3.20. The lowest BCUT2D eigenvalue weighted by Crippen LogP contribution is -2.14. The Kier molecular flexibility index (Phi) is 3.62. The highest BCUT2D eigenvalue weighted by Gasteiger charge is 2.21. The van der Waals surface area contributed by atoms with Gasteiger partial charge in [-0.25, -0.2) is 0 Å². The van der Waals surface area contributed by atoms with Crippen LogP contribution < -0.4 is 11.1 Å². The highest BCUT2D eigenvalue weighted by Crippen LogP contribution is 2.39. The monoisotopic (exact) mass is 204 g/mol. The highest BCUT2D eigenvalue weighted by molar-refractivity contribution is 5.53. The second-order valence-corrected chi connectivity index (χ2v) is 4.28. The fourth-order valence-electron chi connectivity index (χ4n) is 2.06. The lowest BCUT2D eigenvalue weighted by molar-refractivity contribution is 0.420. The number of rotatable bonds is 5. The van der Waals surface area contributed by atoms with Crippen molar-refractivity contribution in [3.8, 4) is 0 Å². The molecule has 0 unspecified atom stereocenters. The van der Waals surface area contributed by atoms with Crippen LogP contribution in [0.5, 0.6) is 0 Å². The molecule has 1 aromatic carbocycles. The molecule has 0 aliphatic heterocycles. The minimum absolute atomic E-state index is 0.762. The Morgan fingerprint density at radius 2 is 2.07 bits per heavy atom. The maximum Gasteiger partial charge on any atom is 0.0375 e. The predicted molar refractivity (Wildman–Crippen MR) is 65.2 cm³/mol. The second kappa shape index (κ2) is 5.17. The Morgan fingerprint density at radius 3 is 2.73 bits per heavy atom. The molecule has 0 aromatic heterocycles. The summed E-state index contributed by atoms with van der Waals surface area (Å²) in [5, 5.41) is 3.48. The summed E-state index contributed by atoms with van der Waals surface area (Å²) in [5.41, 5.74) is 8.30. The van der Waals surface area contributed by atoms with E-state index in [1.807, 2.05) is 0 Å². The summed E-state index contributed by atoms with van der Waals surface area (Å²) < 4.78 is 0. The maximum absolute atomic E-state index is 5.49. The summed E-state index contributed by atoms with van der Waals surface area (Å²) in [6.07, 6.45) is 5.14. The van der Waals surface area contributed by atoms with E-state index in [0.717, 1.165) is 25.4 Å². The predicted octanol–water partition coefficient (Wildman–Crippen LogP) is 2.71. The Labute approximate surface area is 91.9 Å². The Morgan fingerprint density at radius 1 is 1.27 bits per heavy atom. The van der Waals surface area contributed by atoms with Crippen LogP contribution in [0.15, 0.2) is 24.3 Å². The van der Waals surface area contributed by atoms with Gasteiger partial charge in [-0.1, -0.05) is 24.6 Å². The van der Waals surface area contributed by atoms with E-state index in [0.29, 0.717) is 0 Å². The smallest absolute Gasteiger partial charge is 0.0375 e. The summed E-state index contributed by atoms with van der Waals surface area (Å²) in [7, 11) is 0. The number of nitrogens with one attached hydrogen (secondary N) is 1. The maximum atomic E-state index is 5.49. The first-order valence-electron chi connectivity index (χ1n) is 5.94. The Hall–Kier alpha value is -1.02. The molecule has 2 heteroatoms. The normalized spacial score (nSPS) is 16.1. The molecule has 3 N–H and O–H groups in total. The van der Waals surface area contributed by atoms with Crippen LogP contribution in [0.1, 0.15) is 37.2 Å². The highest BCUT2D eigenvalue weighted by atomic mass is 14.9. The van der Waals surface area contributed by atoms with E-state index in [1.165, 1.54) is 30.5 Å². The van der Waals surface area contributed by atoms with Gasteiger partial charge in [0.05, 0.1) is 0 Å². The van der Waals surface area contributed by atoms with Crippen molar-refractivity contribution in [2.24, 2.45) is 5.73 Å². The molecule has 1 aromatic rings. The van der Waals surface area contributed by atoms with Crippen LogP contribution >= 0.6 is 0 Å². The molecule has 1 aliphatic rings. The van der Waals surface area contributed by atoms with Crippen molar-refractivity contribution in [3.63, 3.8) is 0 Å². The fourth-order valence-corrected chi connectivity index (χ4v) is 2.06. The van der Waals surface area contributed by atoms with Gasteiger partial charge in [0.15, 0.2) is 0 Å². The summed E-state index contributed by atoms with van der Waals surface area (Å²) in [4.78, 5) is 0. The molecule has 0 spiro atoms. The molecule has 0 heterocycles. The standard InChI is InChI=1S/C13H20N2/c14-9-4-10-15-13-8-2-1-7-12(13)11-5-3-6-11/h1-2,7-8,11,15H,3-6,9-10,14H2.